The van der Waals surface area contributed by atoms with Crippen LogP contribution in [0.5, 0.6) is 0 Å². The van der Waals surface area contributed by atoms with Crippen LogP contribution in [0.15, 0.2) is 0 Å². The van der Waals surface area contributed by atoms with Gasteiger partial charge in [-0.05, 0) is 25.3 Å². The smallest absolute Gasteiger partial charge is 0.311 e. The quantitative estimate of drug-likeness (QED) is 0.700. The summed E-state index contributed by atoms with van der Waals surface area (Å²) in [6.45, 7) is 1.84. The van der Waals surface area contributed by atoms with Crippen molar-refractivity contribution >= 4 is 11.9 Å². The third-order valence-electron chi connectivity index (χ3n) is 3.60. The Morgan fingerprint density at radius 1 is 1.40 bits per heavy atom. The molecule has 0 radical (unpaired) electrons. The van der Waals surface area contributed by atoms with Gasteiger partial charge in [0.25, 0.3) is 0 Å². The van der Waals surface area contributed by atoms with Crippen molar-refractivity contribution < 1.29 is 19.8 Å². The number of piperidine rings is 1. The fourth-order valence-corrected chi connectivity index (χ4v) is 2.54. The Labute approximate surface area is 87.7 Å². The van der Waals surface area contributed by atoms with Crippen LogP contribution in [0.3, 0.4) is 0 Å². The molecule has 0 aromatic rings. The lowest BCUT2D eigenvalue weighted by molar-refractivity contribution is -0.145. The molecule has 0 aromatic heterocycles. The van der Waals surface area contributed by atoms with Gasteiger partial charge in [-0.25, -0.2) is 0 Å². The first-order valence-electron chi connectivity index (χ1n) is 5.22. The Morgan fingerprint density at radius 2 is 2.13 bits per heavy atom. The average Bonchev–Trinajstić information content (AvgIpc) is 2.89. The van der Waals surface area contributed by atoms with E-state index in [4.69, 9.17) is 10.2 Å². The fraction of sp³-hybridized carbons (Fsp3) is 0.800. The molecule has 2 atom stereocenters. The van der Waals surface area contributed by atoms with Crippen molar-refractivity contribution in [3.05, 3.63) is 0 Å². The molecule has 2 fully saturated rings. The highest BCUT2D eigenvalue weighted by Gasteiger charge is 2.62. The van der Waals surface area contributed by atoms with E-state index in [1.54, 1.807) is 0 Å². The number of carboxylic acid groups (broad SMARTS) is 2. The number of fused-ring (bicyclic) bond motifs is 1. The first-order chi connectivity index (χ1) is 7.04. The summed E-state index contributed by atoms with van der Waals surface area (Å²) < 4.78 is 0. The van der Waals surface area contributed by atoms with Gasteiger partial charge in [0.1, 0.15) is 0 Å². The predicted octanol–water partition coefficient (Wildman–Crippen LogP) is 0.258. The highest BCUT2D eigenvalue weighted by Crippen LogP contribution is 2.57. The molecular weight excluding hydrogens is 198 g/mol. The number of aliphatic carboxylic acids is 2. The molecule has 5 heteroatoms. The molecule has 2 N–H and O–H groups in total. The van der Waals surface area contributed by atoms with Gasteiger partial charge in [0.2, 0.25) is 0 Å². The molecule has 2 rings (SSSR count). The van der Waals surface area contributed by atoms with Crippen molar-refractivity contribution in [2.24, 2.45) is 11.3 Å². The third kappa shape index (κ3) is 1.84. The Hall–Kier alpha value is -1.10. The van der Waals surface area contributed by atoms with Gasteiger partial charge in [0.15, 0.2) is 0 Å². The standard InChI is InChI=1S/C10H15NO4/c12-8(13)2-4-11-3-1-7-5-10(7,6-11)9(14)15/h7H,1-6H2,(H,12,13)(H,14,15). The maximum Gasteiger partial charge on any atom is 0.311 e. The number of hydrogen-bond donors (Lipinski definition) is 2. The van der Waals surface area contributed by atoms with Crippen molar-refractivity contribution in [1.29, 1.82) is 0 Å². The van der Waals surface area contributed by atoms with Crippen LogP contribution in [-0.4, -0.2) is 46.7 Å². The number of carboxylic acids is 2. The molecular formula is C10H15NO4. The summed E-state index contributed by atoms with van der Waals surface area (Å²) in [7, 11) is 0. The van der Waals surface area contributed by atoms with Crippen molar-refractivity contribution in [3.8, 4) is 0 Å². The highest BCUT2D eigenvalue weighted by atomic mass is 16.4. The van der Waals surface area contributed by atoms with Crippen molar-refractivity contribution in [2.75, 3.05) is 19.6 Å². The van der Waals surface area contributed by atoms with Gasteiger partial charge < -0.3 is 15.1 Å². The van der Waals surface area contributed by atoms with Gasteiger partial charge >= 0.3 is 11.9 Å². The normalized spacial score (nSPS) is 34.5. The molecule has 0 spiro atoms. The van der Waals surface area contributed by atoms with Gasteiger partial charge in [0.05, 0.1) is 11.8 Å². The van der Waals surface area contributed by atoms with E-state index in [9.17, 15) is 9.59 Å². The Kier molecular flexibility index (Phi) is 2.42. The lowest BCUT2D eigenvalue weighted by Gasteiger charge is -2.29. The van der Waals surface area contributed by atoms with Crippen LogP contribution in [-0.2, 0) is 9.59 Å². The zero-order valence-corrected chi connectivity index (χ0v) is 8.48. The van der Waals surface area contributed by atoms with Crippen LogP contribution in [0.25, 0.3) is 0 Å². The van der Waals surface area contributed by atoms with Crippen LogP contribution in [0, 0.1) is 11.3 Å². The summed E-state index contributed by atoms with van der Waals surface area (Å²) in [6.07, 6.45) is 1.76. The lowest BCUT2D eigenvalue weighted by atomic mass is 9.97. The van der Waals surface area contributed by atoms with Gasteiger partial charge in [-0.3, -0.25) is 9.59 Å². The summed E-state index contributed by atoms with van der Waals surface area (Å²) in [4.78, 5) is 23.4. The topological polar surface area (TPSA) is 77.8 Å². The molecule has 84 valence electrons. The molecule has 15 heavy (non-hydrogen) atoms. The van der Waals surface area contributed by atoms with Crippen LogP contribution < -0.4 is 0 Å². The van der Waals surface area contributed by atoms with E-state index in [-0.39, 0.29) is 6.42 Å². The second-order valence-corrected chi connectivity index (χ2v) is 4.57. The van der Waals surface area contributed by atoms with E-state index < -0.39 is 17.4 Å². The summed E-state index contributed by atoms with van der Waals surface area (Å²) in [5, 5.41) is 17.6. The number of hydrogen-bond acceptors (Lipinski definition) is 3. The number of nitrogens with zero attached hydrogens (tertiary/aromatic N) is 1. The molecule has 2 unspecified atom stereocenters. The minimum atomic E-state index is -0.822. The van der Waals surface area contributed by atoms with Crippen LogP contribution in [0.2, 0.25) is 0 Å². The monoisotopic (exact) mass is 213 g/mol. The molecule has 1 saturated carbocycles. The van der Waals surface area contributed by atoms with E-state index in [1.165, 1.54) is 0 Å². The highest BCUT2D eigenvalue weighted by molar-refractivity contribution is 5.79. The van der Waals surface area contributed by atoms with E-state index in [0.717, 1.165) is 19.4 Å². The predicted molar refractivity (Wildman–Crippen MR) is 51.5 cm³/mol. The molecule has 1 saturated heterocycles. The van der Waals surface area contributed by atoms with Crippen LogP contribution in [0.4, 0.5) is 0 Å². The van der Waals surface area contributed by atoms with E-state index >= 15 is 0 Å². The van der Waals surface area contributed by atoms with Gasteiger partial charge in [-0.1, -0.05) is 0 Å². The van der Waals surface area contributed by atoms with Gasteiger partial charge in [-0.15, -0.1) is 0 Å². The second-order valence-electron chi connectivity index (χ2n) is 4.57. The first kappa shape index (κ1) is 10.4. The third-order valence-corrected chi connectivity index (χ3v) is 3.60. The van der Waals surface area contributed by atoms with Crippen molar-refractivity contribution in [2.45, 2.75) is 19.3 Å². The fourth-order valence-electron chi connectivity index (χ4n) is 2.54. The van der Waals surface area contributed by atoms with E-state index in [0.29, 0.717) is 19.0 Å². The Bertz CT molecular complexity index is 304. The van der Waals surface area contributed by atoms with Gasteiger partial charge in [0, 0.05) is 13.1 Å². The summed E-state index contributed by atoms with van der Waals surface area (Å²) in [5.74, 6) is -1.21. The SMILES string of the molecule is O=C(O)CCN1CCC2CC2(C(=O)O)C1. The summed E-state index contributed by atoms with van der Waals surface area (Å²) in [5.41, 5.74) is -0.545. The molecule has 2 aliphatic rings. The zero-order valence-electron chi connectivity index (χ0n) is 8.48. The number of rotatable bonds is 4. The molecule has 1 heterocycles. The van der Waals surface area contributed by atoms with Crippen LogP contribution >= 0.6 is 0 Å². The molecule has 5 nitrogen and oxygen atoms in total. The Morgan fingerprint density at radius 3 is 2.73 bits per heavy atom. The minimum absolute atomic E-state index is 0.0976. The number of likely N-dealkylation sites (tertiary alicyclic amines) is 1. The van der Waals surface area contributed by atoms with Crippen LogP contribution in [0.1, 0.15) is 19.3 Å². The first-order valence-corrected chi connectivity index (χ1v) is 5.22. The van der Waals surface area contributed by atoms with Gasteiger partial charge in [-0.2, -0.15) is 0 Å². The number of carbonyl (C=O) groups is 2. The maximum atomic E-state index is 11.1. The largest absolute Gasteiger partial charge is 0.481 e. The summed E-state index contributed by atoms with van der Waals surface area (Å²) >= 11 is 0. The molecule has 1 aliphatic heterocycles. The minimum Gasteiger partial charge on any atom is -0.481 e. The zero-order chi connectivity index (χ0) is 11.1. The summed E-state index contributed by atoms with van der Waals surface area (Å²) in [6, 6.07) is 0. The average molecular weight is 213 g/mol. The molecule has 0 amide bonds. The molecule has 0 bridgehead atoms. The second kappa shape index (κ2) is 3.48. The lowest BCUT2D eigenvalue weighted by Crippen LogP contribution is -2.41. The van der Waals surface area contributed by atoms with E-state index in [1.807, 2.05) is 4.90 Å². The van der Waals surface area contributed by atoms with E-state index in [2.05, 4.69) is 0 Å². The molecule has 0 aromatic carbocycles. The Balaban J connectivity index is 1.89. The van der Waals surface area contributed by atoms with Crippen molar-refractivity contribution in [1.82, 2.24) is 4.90 Å². The molecule has 1 aliphatic carbocycles. The maximum absolute atomic E-state index is 11.1. The van der Waals surface area contributed by atoms with Crippen molar-refractivity contribution in [3.63, 3.8) is 0 Å².